The van der Waals surface area contributed by atoms with Crippen molar-refractivity contribution in [1.29, 1.82) is 0 Å². The lowest BCUT2D eigenvalue weighted by atomic mass is 9.67. The summed E-state index contributed by atoms with van der Waals surface area (Å²) in [5, 5.41) is 0. The summed E-state index contributed by atoms with van der Waals surface area (Å²) in [6.45, 7) is 4.85. The highest BCUT2D eigenvalue weighted by Gasteiger charge is 2.54. The van der Waals surface area contributed by atoms with Crippen molar-refractivity contribution in [1.82, 2.24) is 0 Å². The molecule has 0 radical (unpaired) electrons. The molecule has 0 aromatic heterocycles. The van der Waals surface area contributed by atoms with Crippen LogP contribution >= 0.6 is 0 Å². The summed E-state index contributed by atoms with van der Waals surface area (Å²) in [5.74, 6) is 3.34. The fraction of sp³-hybridized carbons (Fsp3) is 0.475. The zero-order valence-electron chi connectivity index (χ0n) is 24.9. The van der Waals surface area contributed by atoms with Gasteiger partial charge in [0.1, 0.15) is 0 Å². The maximum absolute atomic E-state index is 5.36. The van der Waals surface area contributed by atoms with Crippen molar-refractivity contribution in [3.05, 3.63) is 110 Å². The van der Waals surface area contributed by atoms with Crippen LogP contribution in [0.15, 0.2) is 98.3 Å². The van der Waals surface area contributed by atoms with E-state index < -0.39 is 0 Å². The van der Waals surface area contributed by atoms with Gasteiger partial charge in [-0.15, -0.1) is 0 Å². The Morgan fingerprint density at radius 2 is 1.90 bits per heavy atom. The average Bonchev–Trinajstić information content (AvgIpc) is 3.77. The molecule has 8 aliphatic rings. The first kappa shape index (κ1) is 24.6. The van der Waals surface area contributed by atoms with Gasteiger partial charge in [-0.1, -0.05) is 74.1 Å². The third-order valence-corrected chi connectivity index (χ3v) is 12.2. The van der Waals surface area contributed by atoms with Crippen molar-refractivity contribution >= 4 is 12.3 Å². The molecule has 41 heavy (non-hydrogen) atoms. The van der Waals surface area contributed by atoms with Gasteiger partial charge in [-0.25, -0.2) is 0 Å². The second kappa shape index (κ2) is 9.03. The van der Waals surface area contributed by atoms with E-state index in [1.165, 1.54) is 92.2 Å². The van der Waals surface area contributed by atoms with E-state index in [1.54, 1.807) is 27.9 Å². The van der Waals surface area contributed by atoms with Gasteiger partial charge in [0.05, 0.1) is 0 Å². The van der Waals surface area contributed by atoms with E-state index in [-0.39, 0.29) is 5.41 Å². The molecule has 5 unspecified atom stereocenters. The predicted octanol–water partition coefficient (Wildman–Crippen LogP) is 9.94. The molecule has 1 aliphatic heterocycles. The topological polar surface area (TPSA) is 12.4 Å². The second-order valence-corrected chi connectivity index (χ2v) is 14.4. The molecule has 6 atom stereocenters. The predicted molar refractivity (Wildman–Crippen MR) is 171 cm³/mol. The van der Waals surface area contributed by atoms with Gasteiger partial charge in [-0.3, -0.25) is 4.99 Å². The molecule has 1 heterocycles. The maximum atomic E-state index is 5.36. The summed E-state index contributed by atoms with van der Waals surface area (Å²) < 4.78 is 0. The molecule has 1 aromatic carbocycles. The van der Waals surface area contributed by atoms with E-state index in [1.807, 2.05) is 5.57 Å². The lowest BCUT2D eigenvalue weighted by molar-refractivity contribution is 0.402. The Hall–Kier alpha value is -2.93. The van der Waals surface area contributed by atoms with Gasteiger partial charge in [0.25, 0.3) is 0 Å². The van der Waals surface area contributed by atoms with Crippen LogP contribution in [0.5, 0.6) is 0 Å². The molecule has 0 amide bonds. The van der Waals surface area contributed by atoms with E-state index in [2.05, 4.69) is 74.7 Å². The van der Waals surface area contributed by atoms with Crippen molar-refractivity contribution < 1.29 is 0 Å². The smallest absolute Gasteiger partial charge is 0.0470 e. The molecule has 1 saturated carbocycles. The molecular formula is C40H43N. The molecule has 9 rings (SSSR count). The minimum Gasteiger partial charge on any atom is -0.264 e. The number of nitrogens with zero attached hydrogens (tertiary/aromatic N) is 1. The third-order valence-electron chi connectivity index (χ3n) is 12.2. The van der Waals surface area contributed by atoms with Crippen molar-refractivity contribution in [3.63, 3.8) is 0 Å². The first-order valence-corrected chi connectivity index (χ1v) is 16.8. The summed E-state index contributed by atoms with van der Waals surface area (Å²) in [5.41, 5.74) is 17.7. The first-order valence-electron chi connectivity index (χ1n) is 16.8. The zero-order valence-corrected chi connectivity index (χ0v) is 24.9. The van der Waals surface area contributed by atoms with Gasteiger partial charge in [-0.2, -0.15) is 0 Å². The lowest BCUT2D eigenvalue weighted by Gasteiger charge is -2.40. The first-order chi connectivity index (χ1) is 20.1. The monoisotopic (exact) mass is 537 g/mol. The number of benzene rings is 1. The number of aryl methyl sites for hydroxylation is 1. The van der Waals surface area contributed by atoms with Crippen LogP contribution in [0.4, 0.5) is 0 Å². The highest BCUT2D eigenvalue weighted by atomic mass is 14.8. The Labute approximate surface area is 246 Å². The van der Waals surface area contributed by atoms with Crippen LogP contribution in [0.2, 0.25) is 0 Å². The van der Waals surface area contributed by atoms with Crippen LogP contribution in [0.25, 0.3) is 6.08 Å². The Morgan fingerprint density at radius 3 is 2.83 bits per heavy atom. The third kappa shape index (κ3) is 3.63. The molecule has 1 aromatic rings. The standard InChI is InChI=1S/C40H43N/c1-3-27-29-12-6-7-13-30(29)31-17-15-25(19-33(27)31)26-16-18-32-34(20-26)35-21-36(35)37-22-40(2,23-41-39(32)37)38-14-8-10-24-9-4-5-11-28(24)38/h5,8,10-11,14,16,18-20,23,27,32,34-36H,3-4,6-7,9,12-13,15,17,21-22H2,1-2H3/t27?,32?,34?,35?,36?,40-/m0/s1. The van der Waals surface area contributed by atoms with Gasteiger partial charge >= 0.3 is 0 Å². The van der Waals surface area contributed by atoms with Crippen LogP contribution in [-0.4, -0.2) is 6.21 Å². The largest absolute Gasteiger partial charge is 0.264 e. The summed E-state index contributed by atoms with van der Waals surface area (Å²) in [4.78, 5) is 5.36. The number of aliphatic imine (C=N–C) groups is 1. The number of hydrogen-bond acceptors (Lipinski definition) is 1. The number of hydrogen-bond donors (Lipinski definition) is 0. The minimum absolute atomic E-state index is 0.00610. The molecule has 0 N–H and O–H groups in total. The normalized spacial score (nSPS) is 36.2. The molecular weight excluding hydrogens is 494 g/mol. The fourth-order valence-corrected chi connectivity index (χ4v) is 10.1. The maximum Gasteiger partial charge on any atom is 0.0470 e. The molecule has 1 fully saturated rings. The second-order valence-electron chi connectivity index (χ2n) is 14.4. The van der Waals surface area contributed by atoms with Crippen molar-refractivity contribution in [2.24, 2.45) is 34.6 Å². The molecule has 7 aliphatic carbocycles. The highest BCUT2D eigenvalue weighted by molar-refractivity contribution is 5.80. The Balaban J connectivity index is 1.01. The number of rotatable bonds is 3. The summed E-state index contributed by atoms with van der Waals surface area (Å²) in [7, 11) is 0. The van der Waals surface area contributed by atoms with Crippen LogP contribution < -0.4 is 0 Å². The SMILES string of the molecule is CCC1C2=C(CCC(C3=CC4C(C=C3)C3=C(C[C@](C)(c5cccc6c5C=CCC6)C=N3)C3CC34)=C2)C2=C1CCCC2. The van der Waals surface area contributed by atoms with Crippen molar-refractivity contribution in [2.75, 3.05) is 0 Å². The summed E-state index contributed by atoms with van der Waals surface area (Å²) >= 11 is 0. The Kier molecular flexibility index (Phi) is 5.43. The van der Waals surface area contributed by atoms with Crippen molar-refractivity contribution in [3.8, 4) is 0 Å². The van der Waals surface area contributed by atoms with Gasteiger partial charge in [0.2, 0.25) is 0 Å². The van der Waals surface area contributed by atoms with E-state index >= 15 is 0 Å². The number of allylic oxidation sites excluding steroid dienone is 12. The highest BCUT2D eigenvalue weighted by Crippen LogP contribution is 2.62. The lowest BCUT2D eigenvalue weighted by Crippen LogP contribution is -2.34. The van der Waals surface area contributed by atoms with Crippen LogP contribution in [-0.2, 0) is 11.8 Å². The zero-order chi connectivity index (χ0) is 27.3. The molecule has 0 spiro atoms. The molecule has 208 valence electrons. The van der Waals surface area contributed by atoms with E-state index in [0.29, 0.717) is 17.8 Å². The van der Waals surface area contributed by atoms with Crippen LogP contribution in [0.3, 0.4) is 0 Å². The molecule has 1 nitrogen and oxygen atoms in total. The molecule has 1 heteroatoms. The molecule has 0 bridgehead atoms. The van der Waals surface area contributed by atoms with Gasteiger partial charge < -0.3 is 0 Å². The van der Waals surface area contributed by atoms with E-state index in [0.717, 1.165) is 18.3 Å². The van der Waals surface area contributed by atoms with Crippen LogP contribution in [0, 0.1) is 29.6 Å². The summed E-state index contributed by atoms with van der Waals surface area (Å²) in [6.07, 6.45) is 31.5. The minimum atomic E-state index is -0.00610. The number of fused-ring (bicyclic) bond motifs is 7. The van der Waals surface area contributed by atoms with Crippen molar-refractivity contribution in [2.45, 2.75) is 89.9 Å². The Morgan fingerprint density at radius 1 is 0.976 bits per heavy atom. The van der Waals surface area contributed by atoms with Gasteiger partial charge in [0.15, 0.2) is 0 Å². The quantitative estimate of drug-likeness (QED) is 0.364. The molecule has 0 saturated heterocycles. The van der Waals surface area contributed by atoms with Crippen LogP contribution in [0.1, 0.15) is 94.7 Å². The van der Waals surface area contributed by atoms with E-state index in [9.17, 15) is 0 Å². The fourth-order valence-electron chi connectivity index (χ4n) is 10.1. The Bertz CT molecular complexity index is 1610. The average molecular weight is 538 g/mol. The summed E-state index contributed by atoms with van der Waals surface area (Å²) in [6, 6.07) is 6.98. The van der Waals surface area contributed by atoms with Gasteiger partial charge in [0, 0.05) is 29.2 Å². The van der Waals surface area contributed by atoms with Gasteiger partial charge in [-0.05, 0) is 139 Å². The van der Waals surface area contributed by atoms with E-state index in [4.69, 9.17) is 4.99 Å².